The third kappa shape index (κ3) is 3.91. The molecule has 4 rings (SSSR count). The van der Waals surface area contributed by atoms with Gasteiger partial charge in [0.2, 0.25) is 0 Å². The molecule has 0 bridgehead atoms. The monoisotopic (exact) mass is 449 g/mol. The zero-order chi connectivity index (χ0) is 23.2. The normalized spacial score (nSPS) is 15.4. The first-order valence-electron chi connectivity index (χ1n) is 9.41. The van der Waals surface area contributed by atoms with Crippen molar-refractivity contribution in [2.24, 2.45) is 0 Å². The van der Waals surface area contributed by atoms with E-state index in [0.717, 1.165) is 29.0 Å². The van der Waals surface area contributed by atoms with Gasteiger partial charge in [-0.3, -0.25) is 14.2 Å². The molecule has 1 unspecified atom stereocenters. The van der Waals surface area contributed by atoms with Crippen molar-refractivity contribution in [2.45, 2.75) is 25.1 Å². The van der Waals surface area contributed by atoms with Crippen LogP contribution >= 0.6 is 0 Å². The smallest absolute Gasteiger partial charge is 0.506 e. The first-order valence-corrected chi connectivity index (χ1v) is 9.41. The van der Waals surface area contributed by atoms with E-state index in [9.17, 15) is 37.4 Å². The number of benzene rings is 2. The molecule has 0 radical (unpaired) electrons. The van der Waals surface area contributed by atoms with Gasteiger partial charge in [0.25, 0.3) is 5.56 Å². The van der Waals surface area contributed by atoms with E-state index in [1.54, 1.807) is 0 Å². The maximum absolute atomic E-state index is 14.9. The summed E-state index contributed by atoms with van der Waals surface area (Å²) in [6.45, 7) is 0. The van der Waals surface area contributed by atoms with Gasteiger partial charge in [-0.25, -0.2) is 4.39 Å². The van der Waals surface area contributed by atoms with Crippen LogP contribution in [0.25, 0.3) is 16.8 Å². The van der Waals surface area contributed by atoms with E-state index in [-0.39, 0.29) is 46.5 Å². The Balaban J connectivity index is 1.76. The van der Waals surface area contributed by atoms with Crippen molar-refractivity contribution in [2.75, 3.05) is 0 Å². The third-order valence-corrected chi connectivity index (χ3v) is 5.27. The third-order valence-electron chi connectivity index (χ3n) is 5.27. The number of carboxylic acid groups (broad SMARTS) is 1. The average molecular weight is 449 g/mol. The lowest BCUT2D eigenvalue weighted by molar-refractivity contribution is -0.274. The summed E-state index contributed by atoms with van der Waals surface area (Å²) in [5.74, 6) is -4.00. The van der Waals surface area contributed by atoms with E-state index in [1.807, 2.05) is 0 Å². The fraction of sp³-hybridized carbons (Fsp3) is 0.182. The van der Waals surface area contributed by atoms with Crippen molar-refractivity contribution in [3.05, 3.63) is 76.0 Å². The molecule has 32 heavy (non-hydrogen) atoms. The van der Waals surface area contributed by atoms with Crippen LogP contribution in [0.5, 0.6) is 11.5 Å². The Hall–Kier alpha value is -3.82. The molecule has 1 aromatic heterocycles. The number of rotatable bonds is 4. The highest BCUT2D eigenvalue weighted by atomic mass is 19.4. The Kier molecular flexibility index (Phi) is 5.15. The molecule has 10 heteroatoms. The summed E-state index contributed by atoms with van der Waals surface area (Å²) >= 11 is 0. The van der Waals surface area contributed by atoms with E-state index >= 15 is 0 Å². The summed E-state index contributed by atoms with van der Waals surface area (Å²) in [6, 6.07) is 8.60. The van der Waals surface area contributed by atoms with Crippen LogP contribution in [0.1, 0.15) is 23.5 Å². The minimum absolute atomic E-state index is 0.0852. The van der Waals surface area contributed by atoms with E-state index in [1.165, 1.54) is 24.3 Å². The number of carbonyl (C=O) groups is 1. The second-order valence-corrected chi connectivity index (χ2v) is 7.25. The molecular weight excluding hydrogens is 434 g/mol. The Morgan fingerprint density at radius 3 is 2.50 bits per heavy atom. The first kappa shape index (κ1) is 21.4. The summed E-state index contributed by atoms with van der Waals surface area (Å²) < 4.78 is 57.0. The number of hydrogen-bond acceptors (Lipinski definition) is 4. The molecule has 0 amide bonds. The summed E-state index contributed by atoms with van der Waals surface area (Å²) in [4.78, 5) is 24.4. The number of alkyl halides is 3. The topological polar surface area (TPSA) is 88.8 Å². The number of nitrogens with zero attached hydrogens (tertiary/aromatic N) is 1. The molecule has 0 saturated heterocycles. The number of hydrogen-bond donors (Lipinski definition) is 2. The fourth-order valence-electron chi connectivity index (χ4n) is 3.89. The SMILES string of the molecule is O=C(O)C1CCc2c(O)cn(-c3ccc(-c4cccc(OC(F)(F)F)c4)cc3F)c(=O)c21. The average Bonchev–Trinajstić information content (AvgIpc) is 3.16. The molecule has 1 aliphatic carbocycles. The maximum Gasteiger partial charge on any atom is 0.573 e. The van der Waals surface area contributed by atoms with E-state index in [2.05, 4.69) is 4.74 Å². The Labute approximate surface area is 177 Å². The van der Waals surface area contributed by atoms with Crippen LogP contribution in [0.2, 0.25) is 0 Å². The van der Waals surface area contributed by atoms with Gasteiger partial charge in [-0.1, -0.05) is 18.2 Å². The van der Waals surface area contributed by atoms with Crippen LogP contribution in [0.15, 0.2) is 53.5 Å². The molecule has 1 heterocycles. The van der Waals surface area contributed by atoms with Crippen LogP contribution in [0.3, 0.4) is 0 Å². The Morgan fingerprint density at radius 2 is 1.84 bits per heavy atom. The second-order valence-electron chi connectivity index (χ2n) is 7.25. The Morgan fingerprint density at radius 1 is 1.12 bits per heavy atom. The van der Waals surface area contributed by atoms with Gasteiger partial charge in [0.1, 0.15) is 17.3 Å². The van der Waals surface area contributed by atoms with Gasteiger partial charge in [-0.2, -0.15) is 0 Å². The highest BCUT2D eigenvalue weighted by Gasteiger charge is 2.34. The molecule has 0 saturated carbocycles. The zero-order valence-electron chi connectivity index (χ0n) is 16.2. The summed E-state index contributed by atoms with van der Waals surface area (Å²) in [7, 11) is 0. The number of halogens is 4. The number of aliphatic carboxylic acids is 1. The predicted octanol–water partition coefficient (Wildman–Crippen LogP) is 4.36. The molecule has 1 aliphatic rings. The van der Waals surface area contributed by atoms with Crippen LogP contribution in [-0.2, 0) is 11.2 Å². The second kappa shape index (κ2) is 7.70. The molecule has 1 atom stereocenters. The largest absolute Gasteiger partial charge is 0.573 e. The molecule has 3 aromatic rings. The summed E-state index contributed by atoms with van der Waals surface area (Å²) in [6.07, 6.45) is -3.49. The number of aromatic nitrogens is 1. The first-order chi connectivity index (χ1) is 15.0. The molecular formula is C22H15F4NO5. The fourth-order valence-corrected chi connectivity index (χ4v) is 3.89. The van der Waals surface area contributed by atoms with Gasteiger partial charge in [0.05, 0.1) is 17.8 Å². The molecule has 2 N–H and O–H groups in total. The van der Waals surface area contributed by atoms with Gasteiger partial charge in [-0.05, 0) is 48.2 Å². The summed E-state index contributed by atoms with van der Waals surface area (Å²) in [5, 5.41) is 19.6. The number of ether oxygens (including phenoxy) is 1. The van der Waals surface area contributed by atoms with E-state index < -0.39 is 35.4 Å². The molecule has 166 valence electrons. The molecule has 0 fully saturated rings. The highest BCUT2D eigenvalue weighted by Crippen LogP contribution is 2.36. The van der Waals surface area contributed by atoms with Crippen molar-refractivity contribution in [3.63, 3.8) is 0 Å². The number of pyridine rings is 1. The minimum Gasteiger partial charge on any atom is -0.506 e. The lowest BCUT2D eigenvalue weighted by Crippen LogP contribution is -2.26. The quantitative estimate of drug-likeness (QED) is 0.578. The summed E-state index contributed by atoms with van der Waals surface area (Å²) in [5.41, 5.74) is -0.381. The van der Waals surface area contributed by atoms with Crippen molar-refractivity contribution >= 4 is 5.97 Å². The molecule has 0 spiro atoms. The number of carboxylic acids is 1. The van der Waals surface area contributed by atoms with Gasteiger partial charge in [0.15, 0.2) is 0 Å². The highest BCUT2D eigenvalue weighted by molar-refractivity contribution is 5.78. The van der Waals surface area contributed by atoms with Crippen LogP contribution in [0.4, 0.5) is 17.6 Å². The lowest BCUT2D eigenvalue weighted by atomic mass is 10.0. The van der Waals surface area contributed by atoms with E-state index in [0.29, 0.717) is 0 Å². The van der Waals surface area contributed by atoms with Crippen molar-refractivity contribution < 1.29 is 37.3 Å². The van der Waals surface area contributed by atoms with Gasteiger partial charge in [-0.15, -0.1) is 13.2 Å². The van der Waals surface area contributed by atoms with Gasteiger partial charge < -0.3 is 14.9 Å². The predicted molar refractivity (Wildman–Crippen MR) is 104 cm³/mol. The van der Waals surface area contributed by atoms with Crippen molar-refractivity contribution in [3.8, 4) is 28.3 Å². The number of aromatic hydroxyl groups is 1. The zero-order valence-corrected chi connectivity index (χ0v) is 16.2. The molecule has 2 aromatic carbocycles. The van der Waals surface area contributed by atoms with Gasteiger partial charge in [0, 0.05) is 11.1 Å². The Bertz CT molecular complexity index is 1280. The van der Waals surface area contributed by atoms with E-state index in [4.69, 9.17) is 0 Å². The maximum atomic E-state index is 14.9. The minimum atomic E-state index is -4.88. The molecule has 0 aliphatic heterocycles. The van der Waals surface area contributed by atoms with Crippen molar-refractivity contribution in [1.82, 2.24) is 4.57 Å². The van der Waals surface area contributed by atoms with Crippen LogP contribution < -0.4 is 10.3 Å². The standard InChI is InChI=1S/C22H15F4NO5/c23-16-9-12(11-2-1-3-13(8-11)32-22(24,25)26)4-7-17(16)27-10-18(28)14-5-6-15(21(30)31)19(14)20(27)29/h1-4,7-10,15,28H,5-6H2,(H,30,31). The van der Waals surface area contributed by atoms with Crippen LogP contribution in [-0.4, -0.2) is 27.1 Å². The van der Waals surface area contributed by atoms with Gasteiger partial charge >= 0.3 is 12.3 Å². The van der Waals surface area contributed by atoms with Crippen molar-refractivity contribution in [1.29, 1.82) is 0 Å². The van der Waals surface area contributed by atoms with Crippen LogP contribution in [0, 0.1) is 5.82 Å². The lowest BCUT2D eigenvalue weighted by Gasteiger charge is -2.14. The number of fused-ring (bicyclic) bond motifs is 1. The molecule has 6 nitrogen and oxygen atoms in total.